The molecule has 6 nitrogen and oxygen atoms in total. The topological polar surface area (TPSA) is 62.2 Å². The van der Waals surface area contributed by atoms with Crippen LogP contribution in [0.15, 0.2) is 5.29 Å². The zero-order chi connectivity index (χ0) is 11.1. The van der Waals surface area contributed by atoms with Gasteiger partial charge in [0.05, 0.1) is 12.4 Å². The van der Waals surface area contributed by atoms with E-state index in [4.69, 9.17) is 4.84 Å². The van der Waals surface area contributed by atoms with Gasteiger partial charge in [-0.1, -0.05) is 0 Å². The van der Waals surface area contributed by atoms with Gasteiger partial charge in [0.2, 0.25) is 0 Å². The summed E-state index contributed by atoms with van der Waals surface area (Å²) in [6.45, 7) is 6.67. The average molecular weight is 201 g/mol. The molecule has 0 aromatic carbocycles. The lowest BCUT2D eigenvalue weighted by atomic mass is 10.1. The zero-order valence-electron chi connectivity index (χ0n) is 9.07. The third kappa shape index (κ3) is 1.10. The first-order valence-electron chi connectivity index (χ1n) is 4.32. The summed E-state index contributed by atoms with van der Waals surface area (Å²) in [7, 11) is 1.39. The third-order valence-electron chi connectivity index (χ3n) is 2.52. The van der Waals surface area contributed by atoms with E-state index in [1.165, 1.54) is 12.1 Å². The van der Waals surface area contributed by atoms with Crippen molar-refractivity contribution in [3.05, 3.63) is 4.91 Å². The fraction of sp³-hybridized carbons (Fsp3) is 0.875. The number of rotatable bonds is 2. The summed E-state index contributed by atoms with van der Waals surface area (Å²) in [5.74, 6) is -0.274. The monoisotopic (exact) mass is 201 g/mol. The molecule has 0 unspecified atom stereocenters. The van der Waals surface area contributed by atoms with E-state index in [2.05, 4.69) is 5.29 Å². The van der Waals surface area contributed by atoms with Crippen LogP contribution in [0.3, 0.4) is 0 Å². The van der Waals surface area contributed by atoms with Crippen LogP contribution in [-0.2, 0) is 9.63 Å². The highest BCUT2D eigenvalue weighted by molar-refractivity contribution is 5.87. The SMILES string of the molecule is CON1C(=O)C(C)(C)N(N=O)C1(C)C. The van der Waals surface area contributed by atoms with Crippen LogP contribution in [0.2, 0.25) is 0 Å². The van der Waals surface area contributed by atoms with Crippen LogP contribution in [0.1, 0.15) is 27.7 Å². The Hall–Kier alpha value is -1.17. The Bertz CT molecular complexity index is 275. The molecule has 1 rings (SSSR count). The minimum Gasteiger partial charge on any atom is -0.272 e. The summed E-state index contributed by atoms with van der Waals surface area (Å²) in [5, 5.41) is 5.24. The van der Waals surface area contributed by atoms with Crippen LogP contribution in [0, 0.1) is 4.91 Å². The number of hydrogen-bond acceptors (Lipinski definition) is 4. The Morgan fingerprint density at radius 3 is 2.00 bits per heavy atom. The number of hydrogen-bond donors (Lipinski definition) is 0. The molecule has 6 heteroatoms. The Morgan fingerprint density at radius 2 is 1.79 bits per heavy atom. The molecular formula is C8H15N3O3. The van der Waals surface area contributed by atoms with E-state index in [0.29, 0.717) is 0 Å². The van der Waals surface area contributed by atoms with Crippen molar-refractivity contribution in [2.45, 2.75) is 38.9 Å². The van der Waals surface area contributed by atoms with Crippen molar-refractivity contribution in [3.63, 3.8) is 0 Å². The van der Waals surface area contributed by atoms with Gasteiger partial charge in [0.15, 0.2) is 5.66 Å². The lowest BCUT2D eigenvalue weighted by Crippen LogP contribution is -2.48. The van der Waals surface area contributed by atoms with Crippen molar-refractivity contribution in [3.8, 4) is 0 Å². The van der Waals surface area contributed by atoms with Gasteiger partial charge in [0.25, 0.3) is 5.91 Å². The first-order chi connectivity index (χ1) is 6.30. The van der Waals surface area contributed by atoms with Crippen molar-refractivity contribution < 1.29 is 9.63 Å². The highest BCUT2D eigenvalue weighted by Crippen LogP contribution is 2.38. The maximum atomic E-state index is 11.8. The number of carbonyl (C=O) groups is 1. The second-order valence-corrected chi connectivity index (χ2v) is 4.23. The Labute approximate surface area is 82.7 Å². The second kappa shape index (κ2) is 2.91. The number of nitroso groups, excluding NO2 is 1. The largest absolute Gasteiger partial charge is 0.275 e. The molecule has 0 bridgehead atoms. The molecule has 1 aliphatic heterocycles. The molecule has 1 fully saturated rings. The average Bonchev–Trinajstić information content (AvgIpc) is 2.16. The van der Waals surface area contributed by atoms with E-state index in [1.54, 1.807) is 27.7 Å². The molecule has 0 atom stereocenters. The van der Waals surface area contributed by atoms with Crippen molar-refractivity contribution in [1.82, 2.24) is 10.1 Å². The number of hydroxylamine groups is 2. The summed E-state index contributed by atoms with van der Waals surface area (Å²) in [6.07, 6.45) is 0. The first kappa shape index (κ1) is 10.9. The lowest BCUT2D eigenvalue weighted by Gasteiger charge is -2.33. The first-order valence-corrected chi connectivity index (χ1v) is 4.32. The predicted octanol–water partition coefficient (Wildman–Crippen LogP) is 0.888. The standard InChI is InChI=1S/C8H15N3O3/c1-7(2)6(12)10(14-5)8(3,4)11(7)9-13/h1-5H3. The second-order valence-electron chi connectivity index (χ2n) is 4.23. The van der Waals surface area contributed by atoms with E-state index >= 15 is 0 Å². The van der Waals surface area contributed by atoms with Gasteiger partial charge in [-0.2, -0.15) is 5.06 Å². The Kier molecular flexibility index (Phi) is 2.27. The van der Waals surface area contributed by atoms with E-state index in [-0.39, 0.29) is 5.91 Å². The van der Waals surface area contributed by atoms with E-state index < -0.39 is 11.2 Å². The van der Waals surface area contributed by atoms with Crippen molar-refractivity contribution in [2.75, 3.05) is 7.11 Å². The zero-order valence-corrected chi connectivity index (χ0v) is 9.07. The maximum absolute atomic E-state index is 11.8. The van der Waals surface area contributed by atoms with Gasteiger partial charge >= 0.3 is 0 Å². The summed E-state index contributed by atoms with van der Waals surface area (Å²) >= 11 is 0. The molecule has 0 saturated carbocycles. The number of amides is 1. The van der Waals surface area contributed by atoms with Gasteiger partial charge in [0, 0.05) is 0 Å². The number of nitrogens with zero attached hydrogens (tertiary/aromatic N) is 3. The lowest BCUT2D eigenvalue weighted by molar-refractivity contribution is -0.203. The van der Waals surface area contributed by atoms with Crippen LogP contribution in [0.4, 0.5) is 0 Å². The smallest absolute Gasteiger partial charge is 0.272 e. The normalized spacial score (nSPS) is 24.2. The van der Waals surface area contributed by atoms with Crippen LogP contribution >= 0.6 is 0 Å². The molecule has 0 radical (unpaired) electrons. The molecule has 0 spiro atoms. The van der Waals surface area contributed by atoms with Gasteiger partial charge in [-0.15, -0.1) is 4.91 Å². The minimum atomic E-state index is -0.957. The fourth-order valence-corrected chi connectivity index (χ4v) is 1.87. The Balaban J connectivity index is 3.21. The third-order valence-corrected chi connectivity index (χ3v) is 2.52. The Morgan fingerprint density at radius 1 is 1.29 bits per heavy atom. The molecule has 80 valence electrons. The minimum absolute atomic E-state index is 0.274. The van der Waals surface area contributed by atoms with Crippen LogP contribution in [0.25, 0.3) is 0 Å². The summed E-state index contributed by atoms with van der Waals surface area (Å²) in [4.78, 5) is 27.4. The molecule has 1 aliphatic rings. The highest BCUT2D eigenvalue weighted by Gasteiger charge is 2.58. The molecule has 0 aromatic heterocycles. The maximum Gasteiger partial charge on any atom is 0.275 e. The van der Waals surface area contributed by atoms with Crippen LogP contribution in [0.5, 0.6) is 0 Å². The van der Waals surface area contributed by atoms with Gasteiger partial charge in [-0.3, -0.25) is 9.63 Å². The van der Waals surface area contributed by atoms with Gasteiger partial charge in [-0.25, -0.2) is 5.01 Å². The van der Waals surface area contributed by atoms with Crippen molar-refractivity contribution in [1.29, 1.82) is 0 Å². The van der Waals surface area contributed by atoms with Gasteiger partial charge in [0.1, 0.15) is 5.54 Å². The van der Waals surface area contributed by atoms with E-state index in [0.717, 1.165) is 5.06 Å². The summed E-state index contributed by atoms with van der Waals surface area (Å²) < 4.78 is 0. The number of carbonyl (C=O) groups excluding carboxylic acids is 1. The fourth-order valence-electron chi connectivity index (χ4n) is 1.87. The molecule has 0 N–H and O–H groups in total. The molecular weight excluding hydrogens is 186 g/mol. The van der Waals surface area contributed by atoms with Gasteiger partial charge in [-0.05, 0) is 27.7 Å². The molecule has 1 amide bonds. The predicted molar refractivity (Wildman–Crippen MR) is 49.6 cm³/mol. The van der Waals surface area contributed by atoms with Crippen LogP contribution < -0.4 is 0 Å². The van der Waals surface area contributed by atoms with Gasteiger partial charge < -0.3 is 0 Å². The molecule has 0 aromatic rings. The molecule has 0 aliphatic carbocycles. The molecule has 1 heterocycles. The summed E-state index contributed by atoms with van der Waals surface area (Å²) in [6, 6.07) is 0. The highest BCUT2D eigenvalue weighted by atomic mass is 16.7. The molecule has 14 heavy (non-hydrogen) atoms. The quantitative estimate of drug-likeness (QED) is 0.622. The van der Waals surface area contributed by atoms with Crippen molar-refractivity contribution in [2.24, 2.45) is 5.29 Å². The van der Waals surface area contributed by atoms with E-state index in [1.807, 2.05) is 0 Å². The van der Waals surface area contributed by atoms with Crippen LogP contribution in [-0.4, -0.2) is 34.3 Å². The molecule has 1 saturated heterocycles. The van der Waals surface area contributed by atoms with E-state index in [9.17, 15) is 9.70 Å². The summed E-state index contributed by atoms with van der Waals surface area (Å²) in [5.41, 5.74) is -1.81. The van der Waals surface area contributed by atoms with Crippen molar-refractivity contribution >= 4 is 5.91 Å².